The van der Waals surface area contributed by atoms with Crippen LogP contribution in [0, 0.1) is 19.8 Å². The molecule has 0 unspecified atom stereocenters. The Morgan fingerprint density at radius 1 is 1.31 bits per heavy atom. The molecule has 148 valence electrons. The maximum absolute atomic E-state index is 5.81. The Morgan fingerprint density at radius 3 is 2.73 bits per heavy atom. The number of aryl methyl sites for hydroxylation is 2. The summed E-state index contributed by atoms with van der Waals surface area (Å²) >= 11 is 0. The molecule has 2 rings (SSSR count). The Kier molecular flexibility index (Phi) is 8.91. The predicted octanol–water partition coefficient (Wildman–Crippen LogP) is 1.93. The monoisotopic (exact) mass is 365 g/mol. The van der Waals surface area contributed by atoms with Crippen LogP contribution in [-0.2, 0) is 23.1 Å². The van der Waals surface area contributed by atoms with Crippen LogP contribution in [0.4, 0.5) is 0 Å². The standard InChI is InChI=1S/C19H35N5O2/c1-5-20-19(22-13-18-15(2)23-24(4)16(18)3)21-9-6-10-26-14-17-7-11-25-12-8-17/h17H,5-14H2,1-4H3,(H2,20,21,22). The highest BCUT2D eigenvalue weighted by molar-refractivity contribution is 5.79. The lowest BCUT2D eigenvalue weighted by Crippen LogP contribution is -2.38. The average molecular weight is 366 g/mol. The van der Waals surface area contributed by atoms with Gasteiger partial charge in [-0.1, -0.05) is 0 Å². The normalized spacial score (nSPS) is 16.1. The fraction of sp³-hybridized carbons (Fsp3) is 0.789. The highest BCUT2D eigenvalue weighted by Crippen LogP contribution is 2.14. The van der Waals surface area contributed by atoms with Crippen molar-refractivity contribution >= 4 is 5.96 Å². The first-order valence-electron chi connectivity index (χ1n) is 9.78. The van der Waals surface area contributed by atoms with Crippen LogP contribution in [0.3, 0.4) is 0 Å². The number of aliphatic imine (C=N–C) groups is 1. The molecule has 0 spiro atoms. The molecular formula is C19H35N5O2. The van der Waals surface area contributed by atoms with Crippen LogP contribution in [0.15, 0.2) is 4.99 Å². The molecule has 1 saturated heterocycles. The van der Waals surface area contributed by atoms with Crippen molar-refractivity contribution in [3.63, 3.8) is 0 Å². The highest BCUT2D eigenvalue weighted by Gasteiger charge is 2.13. The van der Waals surface area contributed by atoms with E-state index in [-0.39, 0.29) is 0 Å². The van der Waals surface area contributed by atoms with Gasteiger partial charge in [0.15, 0.2) is 5.96 Å². The fourth-order valence-electron chi connectivity index (χ4n) is 3.09. The van der Waals surface area contributed by atoms with Gasteiger partial charge in [0.2, 0.25) is 0 Å². The van der Waals surface area contributed by atoms with E-state index in [0.29, 0.717) is 12.5 Å². The third-order valence-corrected chi connectivity index (χ3v) is 4.85. The van der Waals surface area contributed by atoms with Gasteiger partial charge in [0.05, 0.1) is 12.2 Å². The third kappa shape index (κ3) is 6.61. The molecule has 2 heterocycles. The predicted molar refractivity (Wildman–Crippen MR) is 104 cm³/mol. The molecule has 1 aromatic heterocycles. The number of hydrogen-bond acceptors (Lipinski definition) is 4. The van der Waals surface area contributed by atoms with Crippen LogP contribution in [-0.4, -0.2) is 55.3 Å². The lowest BCUT2D eigenvalue weighted by atomic mass is 10.0. The summed E-state index contributed by atoms with van der Waals surface area (Å²) in [4.78, 5) is 4.70. The molecule has 0 atom stereocenters. The molecule has 0 aromatic carbocycles. The van der Waals surface area contributed by atoms with Gasteiger partial charge in [-0.05, 0) is 46.0 Å². The van der Waals surface area contributed by atoms with Crippen molar-refractivity contribution in [2.45, 2.75) is 46.6 Å². The zero-order valence-corrected chi connectivity index (χ0v) is 16.8. The maximum atomic E-state index is 5.81. The van der Waals surface area contributed by atoms with E-state index in [2.05, 4.69) is 29.6 Å². The molecule has 1 aliphatic rings. The molecule has 1 aromatic rings. The van der Waals surface area contributed by atoms with Crippen LogP contribution >= 0.6 is 0 Å². The summed E-state index contributed by atoms with van der Waals surface area (Å²) in [7, 11) is 1.97. The van der Waals surface area contributed by atoms with Crippen molar-refractivity contribution < 1.29 is 9.47 Å². The summed E-state index contributed by atoms with van der Waals surface area (Å²) in [6, 6.07) is 0. The molecule has 2 N–H and O–H groups in total. The second-order valence-electron chi connectivity index (χ2n) is 6.88. The Balaban J connectivity index is 1.68. The molecule has 7 heteroatoms. The highest BCUT2D eigenvalue weighted by atomic mass is 16.5. The fourth-order valence-corrected chi connectivity index (χ4v) is 3.09. The lowest BCUT2D eigenvalue weighted by Gasteiger charge is -2.21. The molecule has 0 radical (unpaired) electrons. The van der Waals surface area contributed by atoms with Gasteiger partial charge >= 0.3 is 0 Å². The van der Waals surface area contributed by atoms with Crippen LogP contribution in [0.2, 0.25) is 0 Å². The van der Waals surface area contributed by atoms with E-state index in [1.165, 1.54) is 11.3 Å². The van der Waals surface area contributed by atoms with Crippen LogP contribution in [0.5, 0.6) is 0 Å². The third-order valence-electron chi connectivity index (χ3n) is 4.85. The van der Waals surface area contributed by atoms with Gasteiger partial charge in [-0.25, -0.2) is 4.99 Å². The second-order valence-corrected chi connectivity index (χ2v) is 6.88. The number of nitrogens with zero attached hydrogens (tertiary/aromatic N) is 3. The first kappa shape index (κ1) is 20.7. The van der Waals surface area contributed by atoms with Gasteiger partial charge in [-0.15, -0.1) is 0 Å². The number of rotatable bonds is 9. The van der Waals surface area contributed by atoms with Crippen molar-refractivity contribution in [3.05, 3.63) is 17.0 Å². The largest absolute Gasteiger partial charge is 0.381 e. The van der Waals surface area contributed by atoms with Crippen LogP contribution < -0.4 is 10.6 Å². The van der Waals surface area contributed by atoms with E-state index in [1.54, 1.807) is 0 Å². The average Bonchev–Trinajstić information content (AvgIpc) is 2.88. The molecule has 1 fully saturated rings. The number of guanidine groups is 1. The summed E-state index contributed by atoms with van der Waals surface area (Å²) in [6.45, 7) is 11.9. The molecule has 7 nitrogen and oxygen atoms in total. The first-order chi connectivity index (χ1) is 12.6. The van der Waals surface area contributed by atoms with Crippen molar-refractivity contribution in [2.75, 3.05) is 39.5 Å². The number of aromatic nitrogens is 2. The van der Waals surface area contributed by atoms with Gasteiger partial charge in [-0.3, -0.25) is 4.68 Å². The van der Waals surface area contributed by atoms with Crippen LogP contribution in [0.25, 0.3) is 0 Å². The summed E-state index contributed by atoms with van der Waals surface area (Å²) < 4.78 is 13.1. The van der Waals surface area contributed by atoms with E-state index >= 15 is 0 Å². The lowest BCUT2D eigenvalue weighted by molar-refractivity contribution is 0.0203. The SMILES string of the molecule is CCNC(=NCc1c(C)nn(C)c1C)NCCCOCC1CCOCC1. The summed E-state index contributed by atoms with van der Waals surface area (Å²) in [6.07, 6.45) is 3.23. The topological polar surface area (TPSA) is 72.7 Å². The molecule has 0 amide bonds. The number of hydrogen-bond donors (Lipinski definition) is 2. The van der Waals surface area contributed by atoms with Gasteiger partial charge in [-0.2, -0.15) is 5.10 Å². The molecule has 0 aliphatic carbocycles. The van der Waals surface area contributed by atoms with E-state index in [1.807, 2.05) is 18.7 Å². The van der Waals surface area contributed by atoms with Crippen molar-refractivity contribution in [1.82, 2.24) is 20.4 Å². The summed E-state index contributed by atoms with van der Waals surface area (Å²) in [5, 5.41) is 11.1. The number of ether oxygens (including phenoxy) is 2. The van der Waals surface area contributed by atoms with Crippen molar-refractivity contribution in [2.24, 2.45) is 18.0 Å². The molecular weight excluding hydrogens is 330 g/mol. The molecule has 0 bridgehead atoms. The minimum atomic E-state index is 0.640. The van der Waals surface area contributed by atoms with Gasteiger partial charge in [0.1, 0.15) is 0 Å². The molecule has 0 saturated carbocycles. The first-order valence-corrected chi connectivity index (χ1v) is 9.78. The zero-order chi connectivity index (χ0) is 18.8. The van der Waals surface area contributed by atoms with Gasteiger partial charge < -0.3 is 20.1 Å². The smallest absolute Gasteiger partial charge is 0.191 e. The van der Waals surface area contributed by atoms with Crippen molar-refractivity contribution in [3.8, 4) is 0 Å². The second kappa shape index (κ2) is 11.2. The van der Waals surface area contributed by atoms with Gasteiger partial charge in [0, 0.05) is 57.8 Å². The van der Waals surface area contributed by atoms with E-state index < -0.39 is 0 Å². The van der Waals surface area contributed by atoms with E-state index in [4.69, 9.17) is 14.5 Å². The van der Waals surface area contributed by atoms with E-state index in [9.17, 15) is 0 Å². The molecule has 26 heavy (non-hydrogen) atoms. The Morgan fingerprint density at radius 2 is 2.08 bits per heavy atom. The summed E-state index contributed by atoms with van der Waals surface area (Å²) in [5.41, 5.74) is 3.42. The minimum absolute atomic E-state index is 0.640. The Hall–Kier alpha value is -1.60. The zero-order valence-electron chi connectivity index (χ0n) is 16.8. The summed E-state index contributed by atoms with van der Waals surface area (Å²) in [5.74, 6) is 1.51. The van der Waals surface area contributed by atoms with Crippen molar-refractivity contribution in [1.29, 1.82) is 0 Å². The number of nitrogens with one attached hydrogen (secondary N) is 2. The van der Waals surface area contributed by atoms with Crippen LogP contribution in [0.1, 0.15) is 43.1 Å². The van der Waals surface area contributed by atoms with E-state index in [0.717, 1.165) is 70.4 Å². The van der Waals surface area contributed by atoms with Gasteiger partial charge in [0.25, 0.3) is 0 Å². The Labute approximate surface area is 157 Å². The quantitative estimate of drug-likeness (QED) is 0.397. The Bertz CT molecular complexity index is 565. The molecule has 1 aliphatic heterocycles. The maximum Gasteiger partial charge on any atom is 0.191 e. The minimum Gasteiger partial charge on any atom is -0.381 e.